The molecule has 1 saturated heterocycles. The number of nitrogens with zero attached hydrogens (tertiary/aromatic N) is 4. The van der Waals surface area contributed by atoms with Crippen molar-refractivity contribution in [2.45, 2.75) is 31.5 Å². The molecule has 1 amide bonds. The van der Waals surface area contributed by atoms with Gasteiger partial charge in [0.05, 0.1) is 11.9 Å². The van der Waals surface area contributed by atoms with E-state index in [9.17, 15) is 9.18 Å². The van der Waals surface area contributed by atoms with Crippen molar-refractivity contribution in [2.75, 3.05) is 32.0 Å². The van der Waals surface area contributed by atoms with Gasteiger partial charge in [-0.05, 0) is 49.4 Å². The number of nitrogens with one attached hydrogen (secondary N) is 2. The lowest BCUT2D eigenvalue weighted by molar-refractivity contribution is 0.0782. The number of carbonyl (C=O) groups excluding carboxylic acids is 1. The zero-order valence-corrected chi connectivity index (χ0v) is 17.6. The van der Waals surface area contributed by atoms with Crippen LogP contribution in [0.5, 0.6) is 0 Å². The number of imidazole rings is 1. The van der Waals surface area contributed by atoms with Crippen LogP contribution in [0.25, 0.3) is 16.9 Å². The van der Waals surface area contributed by atoms with Gasteiger partial charge in [0.15, 0.2) is 5.65 Å². The Morgan fingerprint density at radius 1 is 1.26 bits per heavy atom. The van der Waals surface area contributed by atoms with Crippen LogP contribution in [0, 0.1) is 5.92 Å². The maximum Gasteiger partial charge on any atom is 0.253 e. The molecule has 5 rings (SSSR count). The van der Waals surface area contributed by atoms with Gasteiger partial charge in [-0.15, -0.1) is 5.10 Å². The number of fused-ring (bicyclic) bond motifs is 1. The molecule has 31 heavy (non-hydrogen) atoms. The van der Waals surface area contributed by atoms with Crippen LogP contribution in [-0.4, -0.2) is 64.3 Å². The van der Waals surface area contributed by atoms with Gasteiger partial charge in [0.1, 0.15) is 12.0 Å². The molecule has 1 saturated carbocycles. The second-order valence-corrected chi connectivity index (χ2v) is 8.66. The van der Waals surface area contributed by atoms with Gasteiger partial charge >= 0.3 is 0 Å². The van der Waals surface area contributed by atoms with Gasteiger partial charge in [-0.3, -0.25) is 4.79 Å². The van der Waals surface area contributed by atoms with Crippen LogP contribution < -0.4 is 10.6 Å². The standard InChI is InChI=1S/C23H27FN6O/c1-29(14-19-10-18(24)12-25-19)23(31)17-6-4-16(5-7-17)20-13-27-22-9-8-21(28-30(20)22)26-11-15-2-3-15/h4-9,13,15,18-19,25H,2-3,10-12,14H2,1H3,(H,26,28)/t18-,19+/m1/s1. The molecule has 0 bridgehead atoms. The molecular formula is C23H27FN6O. The second-order valence-electron chi connectivity index (χ2n) is 8.66. The highest BCUT2D eigenvalue weighted by Crippen LogP contribution is 2.29. The highest BCUT2D eigenvalue weighted by molar-refractivity contribution is 5.94. The number of aromatic nitrogens is 3. The number of amides is 1. The summed E-state index contributed by atoms with van der Waals surface area (Å²) in [5.74, 6) is 1.53. The molecular weight excluding hydrogens is 395 g/mol. The zero-order valence-electron chi connectivity index (χ0n) is 17.6. The van der Waals surface area contributed by atoms with Crippen LogP contribution in [0.15, 0.2) is 42.6 Å². The summed E-state index contributed by atoms with van der Waals surface area (Å²) < 4.78 is 15.2. The minimum Gasteiger partial charge on any atom is -0.368 e. The Labute approximate surface area is 180 Å². The fourth-order valence-electron chi connectivity index (χ4n) is 4.06. The van der Waals surface area contributed by atoms with Crippen molar-refractivity contribution in [3.05, 3.63) is 48.2 Å². The third-order valence-corrected chi connectivity index (χ3v) is 6.07. The van der Waals surface area contributed by atoms with Crippen molar-refractivity contribution >= 4 is 17.4 Å². The maximum atomic E-state index is 13.4. The Hall–Kier alpha value is -3.00. The van der Waals surface area contributed by atoms with Crippen LogP contribution in [0.3, 0.4) is 0 Å². The number of anilines is 1. The van der Waals surface area contributed by atoms with Crippen molar-refractivity contribution in [3.63, 3.8) is 0 Å². The topological polar surface area (TPSA) is 74.6 Å². The average Bonchev–Trinajstić information content (AvgIpc) is 3.39. The molecule has 2 aliphatic rings. The Balaban J connectivity index is 1.30. The summed E-state index contributed by atoms with van der Waals surface area (Å²) in [5, 5.41) is 11.2. The minimum absolute atomic E-state index is 0.00942. The van der Waals surface area contributed by atoms with Gasteiger partial charge in [0.2, 0.25) is 0 Å². The number of alkyl halides is 1. The quantitative estimate of drug-likeness (QED) is 0.612. The molecule has 2 fully saturated rings. The molecule has 162 valence electrons. The van der Waals surface area contributed by atoms with E-state index in [0.29, 0.717) is 25.1 Å². The van der Waals surface area contributed by atoms with Gasteiger partial charge in [0, 0.05) is 43.9 Å². The zero-order chi connectivity index (χ0) is 21.4. The van der Waals surface area contributed by atoms with E-state index in [4.69, 9.17) is 5.10 Å². The van der Waals surface area contributed by atoms with Crippen molar-refractivity contribution in [1.82, 2.24) is 24.8 Å². The van der Waals surface area contributed by atoms with Gasteiger partial charge in [0.25, 0.3) is 5.91 Å². The van der Waals surface area contributed by atoms with Crippen LogP contribution in [0.1, 0.15) is 29.6 Å². The highest BCUT2D eigenvalue weighted by Gasteiger charge is 2.26. The van der Waals surface area contributed by atoms with E-state index in [2.05, 4.69) is 15.6 Å². The molecule has 2 aromatic heterocycles. The monoisotopic (exact) mass is 422 g/mol. The number of rotatable bonds is 7. The summed E-state index contributed by atoms with van der Waals surface area (Å²) in [6.07, 6.45) is 4.01. The Morgan fingerprint density at radius 2 is 2.06 bits per heavy atom. The van der Waals surface area contributed by atoms with E-state index in [0.717, 1.165) is 35.2 Å². The van der Waals surface area contributed by atoms with Gasteiger partial charge in [-0.25, -0.2) is 13.9 Å². The smallest absolute Gasteiger partial charge is 0.253 e. The van der Waals surface area contributed by atoms with Crippen LogP contribution >= 0.6 is 0 Å². The second kappa shape index (κ2) is 8.26. The molecule has 0 spiro atoms. The van der Waals surface area contributed by atoms with Crippen molar-refractivity contribution < 1.29 is 9.18 Å². The summed E-state index contributed by atoms with van der Waals surface area (Å²) in [7, 11) is 1.76. The fourth-order valence-corrected chi connectivity index (χ4v) is 4.06. The SMILES string of the molecule is CN(C[C@@H]1C[C@@H](F)CN1)C(=O)c1ccc(-c2cnc3ccc(NCC4CC4)nn23)cc1. The molecule has 0 radical (unpaired) electrons. The minimum atomic E-state index is -0.823. The number of benzene rings is 1. The highest BCUT2D eigenvalue weighted by atomic mass is 19.1. The lowest BCUT2D eigenvalue weighted by atomic mass is 10.1. The van der Waals surface area contributed by atoms with Crippen LogP contribution in [-0.2, 0) is 0 Å². The van der Waals surface area contributed by atoms with Gasteiger partial charge in [-0.2, -0.15) is 0 Å². The Morgan fingerprint density at radius 3 is 2.77 bits per heavy atom. The molecule has 0 unspecified atom stereocenters. The van der Waals surface area contributed by atoms with Crippen molar-refractivity contribution in [1.29, 1.82) is 0 Å². The number of halogens is 1. The first kappa shape index (κ1) is 19.9. The number of hydrogen-bond donors (Lipinski definition) is 2. The van der Waals surface area contributed by atoms with Crippen LogP contribution in [0.4, 0.5) is 10.2 Å². The van der Waals surface area contributed by atoms with E-state index in [1.54, 1.807) is 18.1 Å². The molecule has 2 N–H and O–H groups in total. The van der Waals surface area contributed by atoms with E-state index < -0.39 is 6.17 Å². The van der Waals surface area contributed by atoms with E-state index >= 15 is 0 Å². The molecule has 8 heteroatoms. The third kappa shape index (κ3) is 4.39. The predicted molar refractivity (Wildman–Crippen MR) is 118 cm³/mol. The molecule has 1 aliphatic heterocycles. The summed E-state index contributed by atoms with van der Waals surface area (Å²) in [6.45, 7) is 1.82. The summed E-state index contributed by atoms with van der Waals surface area (Å²) >= 11 is 0. The molecule has 1 aliphatic carbocycles. The first-order valence-electron chi connectivity index (χ1n) is 10.9. The van der Waals surface area contributed by atoms with Gasteiger partial charge in [-0.1, -0.05) is 12.1 Å². The maximum absolute atomic E-state index is 13.4. The fraction of sp³-hybridized carbons (Fsp3) is 0.435. The van der Waals surface area contributed by atoms with E-state index in [1.807, 2.05) is 40.9 Å². The van der Waals surface area contributed by atoms with Crippen molar-refractivity contribution in [3.8, 4) is 11.3 Å². The molecule has 3 heterocycles. The average molecular weight is 423 g/mol. The molecule has 1 aromatic carbocycles. The van der Waals surface area contributed by atoms with E-state index in [1.165, 1.54) is 12.8 Å². The Bertz CT molecular complexity index is 1080. The lowest BCUT2D eigenvalue weighted by Gasteiger charge is -2.21. The number of carbonyl (C=O) groups is 1. The molecule has 3 aromatic rings. The predicted octanol–water partition coefficient (Wildman–Crippen LogP) is 2.99. The Kier molecular flexibility index (Phi) is 5.31. The summed E-state index contributed by atoms with van der Waals surface area (Å²) in [4.78, 5) is 18.9. The lowest BCUT2D eigenvalue weighted by Crippen LogP contribution is -2.38. The van der Waals surface area contributed by atoms with Crippen molar-refractivity contribution in [2.24, 2.45) is 5.92 Å². The summed E-state index contributed by atoms with van der Waals surface area (Å²) in [6, 6.07) is 11.4. The molecule has 7 nitrogen and oxygen atoms in total. The first-order valence-corrected chi connectivity index (χ1v) is 10.9. The van der Waals surface area contributed by atoms with Crippen LogP contribution in [0.2, 0.25) is 0 Å². The first-order chi connectivity index (χ1) is 15.1. The number of likely N-dealkylation sites (N-methyl/N-ethyl adjacent to an activating group) is 1. The largest absolute Gasteiger partial charge is 0.368 e. The van der Waals surface area contributed by atoms with E-state index in [-0.39, 0.29) is 11.9 Å². The normalized spacial score (nSPS) is 20.8. The summed E-state index contributed by atoms with van der Waals surface area (Å²) in [5.41, 5.74) is 3.20. The molecule has 2 atom stereocenters. The third-order valence-electron chi connectivity index (χ3n) is 6.07. The van der Waals surface area contributed by atoms with Gasteiger partial charge < -0.3 is 15.5 Å². The number of hydrogen-bond acceptors (Lipinski definition) is 5.